The van der Waals surface area contributed by atoms with Crippen molar-refractivity contribution in [2.24, 2.45) is 0 Å². The Balaban J connectivity index is 2.09. The van der Waals surface area contributed by atoms with Gasteiger partial charge < -0.3 is 14.2 Å². The maximum atomic E-state index is 8.95. The van der Waals surface area contributed by atoms with Gasteiger partial charge in [0.05, 0.1) is 12.3 Å². The molecule has 6 heteroatoms. The minimum atomic E-state index is 0.0481. The van der Waals surface area contributed by atoms with Crippen LogP contribution < -0.4 is 5.32 Å². The Morgan fingerprint density at radius 3 is 2.89 bits per heavy atom. The molecule has 0 radical (unpaired) electrons. The summed E-state index contributed by atoms with van der Waals surface area (Å²) in [4.78, 5) is 6.02. The van der Waals surface area contributed by atoms with Gasteiger partial charge in [0.25, 0.3) is 0 Å². The number of aryl methyl sites for hydroxylation is 1. The molecule has 19 heavy (non-hydrogen) atoms. The normalized spacial score (nSPS) is 12.4. The number of oxazole rings is 1. The Bertz CT molecular complexity index is 566. The van der Waals surface area contributed by atoms with Crippen molar-refractivity contribution in [3.63, 3.8) is 0 Å². The highest BCUT2D eigenvalue weighted by atomic mass is 16.4. The van der Waals surface area contributed by atoms with Crippen molar-refractivity contribution in [2.75, 3.05) is 26.0 Å². The number of anilines is 1. The molecule has 0 saturated carbocycles. The second-order valence-electron chi connectivity index (χ2n) is 4.40. The highest BCUT2D eigenvalue weighted by Crippen LogP contribution is 2.21. The predicted octanol–water partition coefficient (Wildman–Crippen LogP) is 2.16. The molecule has 0 bridgehead atoms. The molecular weight excluding hydrogens is 244 g/mol. The maximum absolute atomic E-state index is 8.95. The highest BCUT2D eigenvalue weighted by molar-refractivity contribution is 5.45. The van der Waals surface area contributed by atoms with Crippen LogP contribution >= 0.6 is 0 Å². The zero-order valence-corrected chi connectivity index (χ0v) is 11.2. The second kappa shape index (κ2) is 5.59. The summed E-state index contributed by atoms with van der Waals surface area (Å²) in [5.41, 5.74) is 0.273. The predicted molar refractivity (Wildman–Crippen MR) is 69.6 cm³/mol. The lowest BCUT2D eigenvalue weighted by atomic mass is 10.2. The van der Waals surface area contributed by atoms with Gasteiger partial charge in [0.15, 0.2) is 5.89 Å². The molecular formula is C13H16N4O2. The summed E-state index contributed by atoms with van der Waals surface area (Å²) >= 11 is 0. The quantitative estimate of drug-likeness (QED) is 0.887. The number of nitriles is 1. The lowest BCUT2D eigenvalue weighted by molar-refractivity contribution is 0.268. The fourth-order valence-electron chi connectivity index (χ4n) is 1.83. The van der Waals surface area contributed by atoms with E-state index in [2.05, 4.69) is 10.3 Å². The van der Waals surface area contributed by atoms with Crippen LogP contribution in [-0.2, 0) is 0 Å². The Morgan fingerprint density at radius 1 is 1.53 bits per heavy atom. The van der Waals surface area contributed by atoms with Gasteiger partial charge in [-0.3, -0.25) is 4.90 Å². The largest absolute Gasteiger partial charge is 0.468 e. The number of aromatic nitrogens is 1. The number of nitrogens with zero attached hydrogens (tertiary/aromatic N) is 3. The van der Waals surface area contributed by atoms with Crippen molar-refractivity contribution >= 4 is 5.88 Å². The zero-order chi connectivity index (χ0) is 13.8. The number of rotatable bonds is 5. The van der Waals surface area contributed by atoms with Gasteiger partial charge in [-0.15, -0.1) is 0 Å². The van der Waals surface area contributed by atoms with E-state index in [1.807, 2.05) is 37.2 Å². The van der Waals surface area contributed by atoms with Gasteiger partial charge in [0, 0.05) is 13.5 Å². The Kier molecular flexibility index (Phi) is 3.88. The van der Waals surface area contributed by atoms with Crippen LogP contribution in [-0.4, -0.2) is 30.5 Å². The molecule has 0 unspecified atom stereocenters. The smallest absolute Gasteiger partial charge is 0.232 e. The molecule has 100 valence electrons. The standard InChI is InChI=1S/C13H16N4O2/c1-9-16-10(7-14)13(19-9)15-8-11(17(2)3)12-5-4-6-18-12/h4-6,11,15H,8H2,1-3H3/t11-/m0/s1. The molecule has 0 fully saturated rings. The molecule has 2 heterocycles. The second-order valence-corrected chi connectivity index (χ2v) is 4.40. The minimum Gasteiger partial charge on any atom is -0.468 e. The first-order valence-corrected chi connectivity index (χ1v) is 5.93. The van der Waals surface area contributed by atoms with Crippen LogP contribution in [0.1, 0.15) is 23.4 Å². The van der Waals surface area contributed by atoms with E-state index in [0.29, 0.717) is 18.3 Å². The summed E-state index contributed by atoms with van der Waals surface area (Å²) in [6, 6.07) is 5.82. The topological polar surface area (TPSA) is 78.2 Å². The van der Waals surface area contributed by atoms with E-state index in [1.165, 1.54) is 0 Å². The highest BCUT2D eigenvalue weighted by Gasteiger charge is 2.18. The summed E-state index contributed by atoms with van der Waals surface area (Å²) in [5, 5.41) is 12.1. The van der Waals surface area contributed by atoms with Crippen LogP contribution in [0.15, 0.2) is 27.2 Å². The molecule has 0 aliphatic heterocycles. The van der Waals surface area contributed by atoms with E-state index in [-0.39, 0.29) is 11.7 Å². The van der Waals surface area contributed by atoms with Crippen molar-refractivity contribution in [2.45, 2.75) is 13.0 Å². The third-order valence-corrected chi connectivity index (χ3v) is 2.79. The van der Waals surface area contributed by atoms with Crippen LogP contribution in [0.5, 0.6) is 0 Å². The van der Waals surface area contributed by atoms with Crippen LogP contribution in [0.4, 0.5) is 5.88 Å². The van der Waals surface area contributed by atoms with Gasteiger partial charge in [0.2, 0.25) is 11.6 Å². The molecule has 0 aromatic carbocycles. The third kappa shape index (κ3) is 2.95. The molecule has 2 aromatic heterocycles. The fraction of sp³-hybridized carbons (Fsp3) is 0.385. The van der Waals surface area contributed by atoms with Crippen LogP contribution in [0.3, 0.4) is 0 Å². The zero-order valence-electron chi connectivity index (χ0n) is 11.2. The lowest BCUT2D eigenvalue weighted by Gasteiger charge is -2.22. The molecule has 1 N–H and O–H groups in total. The molecule has 0 saturated heterocycles. The Labute approximate surface area is 111 Å². The summed E-state index contributed by atoms with van der Waals surface area (Å²) in [6.07, 6.45) is 1.64. The van der Waals surface area contributed by atoms with Crippen molar-refractivity contribution in [1.82, 2.24) is 9.88 Å². The van der Waals surface area contributed by atoms with E-state index in [1.54, 1.807) is 13.2 Å². The first-order chi connectivity index (χ1) is 9.11. The third-order valence-electron chi connectivity index (χ3n) is 2.79. The van der Waals surface area contributed by atoms with Crippen molar-refractivity contribution in [1.29, 1.82) is 5.26 Å². The van der Waals surface area contributed by atoms with E-state index in [4.69, 9.17) is 14.1 Å². The average Bonchev–Trinajstić information content (AvgIpc) is 2.98. The SMILES string of the molecule is Cc1nc(C#N)c(NC[C@@H](c2ccco2)N(C)C)o1. The van der Waals surface area contributed by atoms with Crippen molar-refractivity contribution < 1.29 is 8.83 Å². The van der Waals surface area contributed by atoms with Crippen molar-refractivity contribution in [3.8, 4) is 6.07 Å². The molecule has 2 rings (SSSR count). The average molecular weight is 260 g/mol. The molecule has 1 atom stereocenters. The first-order valence-electron chi connectivity index (χ1n) is 5.93. The molecule has 0 aliphatic rings. The van der Waals surface area contributed by atoms with Gasteiger partial charge in [-0.2, -0.15) is 5.26 Å². The van der Waals surface area contributed by atoms with Gasteiger partial charge in [-0.05, 0) is 26.2 Å². The molecule has 2 aromatic rings. The molecule has 0 amide bonds. The van der Waals surface area contributed by atoms with Gasteiger partial charge >= 0.3 is 0 Å². The number of hydrogen-bond donors (Lipinski definition) is 1. The van der Waals surface area contributed by atoms with Crippen LogP contribution in [0.2, 0.25) is 0 Å². The number of furan rings is 1. The lowest BCUT2D eigenvalue weighted by Crippen LogP contribution is -2.26. The number of hydrogen-bond acceptors (Lipinski definition) is 6. The van der Waals surface area contributed by atoms with Crippen LogP contribution in [0, 0.1) is 18.3 Å². The Hall–Kier alpha value is -2.26. The molecule has 0 aliphatic carbocycles. The van der Waals surface area contributed by atoms with Gasteiger partial charge in [0.1, 0.15) is 11.8 Å². The van der Waals surface area contributed by atoms with E-state index >= 15 is 0 Å². The van der Waals surface area contributed by atoms with E-state index < -0.39 is 0 Å². The molecule has 0 spiro atoms. The van der Waals surface area contributed by atoms with Gasteiger partial charge in [-0.25, -0.2) is 4.98 Å². The van der Waals surface area contributed by atoms with Gasteiger partial charge in [-0.1, -0.05) is 0 Å². The monoisotopic (exact) mass is 260 g/mol. The minimum absolute atomic E-state index is 0.0481. The van der Waals surface area contributed by atoms with Crippen molar-refractivity contribution in [3.05, 3.63) is 35.7 Å². The van der Waals surface area contributed by atoms with Crippen LogP contribution in [0.25, 0.3) is 0 Å². The fourth-order valence-corrected chi connectivity index (χ4v) is 1.83. The number of likely N-dealkylation sites (N-methyl/N-ethyl adjacent to an activating group) is 1. The summed E-state index contributed by atoms with van der Waals surface area (Å²) in [6.45, 7) is 2.27. The first kappa shape index (κ1) is 13.2. The summed E-state index contributed by atoms with van der Waals surface area (Å²) < 4.78 is 10.8. The summed E-state index contributed by atoms with van der Waals surface area (Å²) in [7, 11) is 3.93. The Morgan fingerprint density at radius 2 is 2.32 bits per heavy atom. The molecule has 6 nitrogen and oxygen atoms in total. The summed E-state index contributed by atoms with van der Waals surface area (Å²) in [5.74, 6) is 1.73. The van der Waals surface area contributed by atoms with E-state index in [9.17, 15) is 0 Å². The maximum Gasteiger partial charge on any atom is 0.232 e. The van der Waals surface area contributed by atoms with E-state index in [0.717, 1.165) is 5.76 Å². The number of nitrogens with one attached hydrogen (secondary N) is 1.